The number of carbonyl (C=O) groups excluding carboxylic acids is 2. The molecular formula is C23H19FN2O3S. The van der Waals surface area contributed by atoms with Gasteiger partial charge in [0.15, 0.2) is 6.61 Å². The number of carbonyl (C=O) groups is 2. The van der Waals surface area contributed by atoms with Gasteiger partial charge < -0.3 is 15.0 Å². The molecule has 1 aliphatic heterocycles. The van der Waals surface area contributed by atoms with Crippen LogP contribution in [-0.4, -0.2) is 25.0 Å². The minimum atomic E-state index is -0.585. The van der Waals surface area contributed by atoms with Gasteiger partial charge >= 0.3 is 5.97 Å². The maximum atomic E-state index is 13.6. The van der Waals surface area contributed by atoms with E-state index in [1.807, 2.05) is 48.5 Å². The molecule has 3 aromatic carbocycles. The Labute approximate surface area is 177 Å². The predicted molar refractivity (Wildman–Crippen MR) is 115 cm³/mol. The molecule has 5 nitrogen and oxygen atoms in total. The maximum Gasteiger partial charge on any atom is 0.308 e. The second-order valence-corrected chi connectivity index (χ2v) is 7.71. The Balaban J connectivity index is 1.35. The summed E-state index contributed by atoms with van der Waals surface area (Å²) in [5.74, 6) is -1.62. The number of rotatable bonds is 6. The van der Waals surface area contributed by atoms with E-state index in [0.717, 1.165) is 21.2 Å². The number of amides is 1. The molecule has 0 fully saturated rings. The van der Waals surface area contributed by atoms with Crippen LogP contribution < -0.4 is 10.2 Å². The largest absolute Gasteiger partial charge is 0.456 e. The molecule has 0 spiro atoms. The lowest BCUT2D eigenvalue weighted by molar-refractivity contribution is -0.147. The number of nitrogens with one attached hydrogen (secondary N) is 1. The molecule has 0 atom stereocenters. The van der Waals surface area contributed by atoms with Crippen LogP contribution >= 0.6 is 11.8 Å². The Bertz CT molecular complexity index is 1040. The average molecular weight is 422 g/mol. The minimum absolute atomic E-state index is 0.0533. The third kappa shape index (κ3) is 4.46. The normalized spacial score (nSPS) is 12.0. The molecule has 1 amide bonds. The van der Waals surface area contributed by atoms with Crippen molar-refractivity contribution in [3.05, 3.63) is 78.6 Å². The van der Waals surface area contributed by atoms with Gasteiger partial charge in [-0.1, -0.05) is 48.2 Å². The third-order valence-corrected chi connectivity index (χ3v) is 5.71. The van der Waals surface area contributed by atoms with Crippen LogP contribution in [0.1, 0.15) is 6.42 Å². The number of ether oxygens (including phenoxy) is 1. The van der Waals surface area contributed by atoms with Crippen molar-refractivity contribution in [2.45, 2.75) is 16.2 Å². The summed E-state index contributed by atoms with van der Waals surface area (Å²) in [6.07, 6.45) is 0.111. The van der Waals surface area contributed by atoms with Gasteiger partial charge in [0.1, 0.15) is 5.82 Å². The van der Waals surface area contributed by atoms with Crippen LogP contribution in [0.5, 0.6) is 0 Å². The van der Waals surface area contributed by atoms with Crippen molar-refractivity contribution in [3.8, 4) is 0 Å². The van der Waals surface area contributed by atoms with Crippen LogP contribution in [-0.2, 0) is 14.3 Å². The van der Waals surface area contributed by atoms with Crippen molar-refractivity contribution in [2.75, 3.05) is 23.4 Å². The average Bonchev–Trinajstić information content (AvgIpc) is 2.76. The summed E-state index contributed by atoms with van der Waals surface area (Å²) in [5.41, 5.74) is 2.12. The first-order valence-electron chi connectivity index (χ1n) is 9.45. The van der Waals surface area contributed by atoms with E-state index < -0.39 is 24.3 Å². The summed E-state index contributed by atoms with van der Waals surface area (Å²) >= 11 is 1.70. The summed E-state index contributed by atoms with van der Waals surface area (Å²) < 4.78 is 18.7. The van der Waals surface area contributed by atoms with Crippen molar-refractivity contribution in [3.63, 3.8) is 0 Å². The topological polar surface area (TPSA) is 58.6 Å². The van der Waals surface area contributed by atoms with E-state index in [1.54, 1.807) is 17.8 Å². The SMILES string of the molecule is O=C(COC(=O)CCN1c2ccccc2Sc2ccccc21)Nc1ccccc1F. The molecular weight excluding hydrogens is 403 g/mol. The van der Waals surface area contributed by atoms with Gasteiger partial charge in [-0.25, -0.2) is 4.39 Å². The standard InChI is InChI=1S/C23H19FN2O3S/c24-16-7-1-2-8-17(16)25-22(27)15-29-23(28)13-14-26-18-9-3-5-11-20(18)30-21-12-6-4-10-19(21)26/h1-12H,13-15H2,(H,25,27). The van der Waals surface area contributed by atoms with E-state index in [-0.39, 0.29) is 12.1 Å². The molecule has 1 heterocycles. The fourth-order valence-electron chi connectivity index (χ4n) is 3.19. The highest BCUT2D eigenvalue weighted by molar-refractivity contribution is 7.99. The van der Waals surface area contributed by atoms with Gasteiger partial charge in [-0.15, -0.1) is 0 Å². The number of halogens is 1. The molecule has 30 heavy (non-hydrogen) atoms. The highest BCUT2D eigenvalue weighted by Gasteiger charge is 2.23. The van der Waals surface area contributed by atoms with Gasteiger partial charge in [-0.05, 0) is 36.4 Å². The third-order valence-electron chi connectivity index (χ3n) is 4.58. The molecule has 0 saturated heterocycles. The lowest BCUT2D eigenvalue weighted by atomic mass is 10.2. The highest BCUT2D eigenvalue weighted by Crippen LogP contribution is 2.47. The molecule has 0 unspecified atom stereocenters. The molecule has 4 rings (SSSR count). The Morgan fingerprint density at radius 1 is 0.900 bits per heavy atom. The first-order chi connectivity index (χ1) is 14.6. The van der Waals surface area contributed by atoms with E-state index in [4.69, 9.17) is 4.74 Å². The summed E-state index contributed by atoms with van der Waals surface area (Å²) in [7, 11) is 0. The molecule has 0 saturated carbocycles. The highest BCUT2D eigenvalue weighted by atomic mass is 32.2. The van der Waals surface area contributed by atoms with Gasteiger partial charge in [0.05, 0.1) is 23.5 Å². The Kier molecular flexibility index (Phi) is 5.99. The van der Waals surface area contributed by atoms with Crippen molar-refractivity contribution in [1.82, 2.24) is 0 Å². The molecule has 152 valence electrons. The Hall–Kier alpha value is -3.32. The molecule has 0 radical (unpaired) electrons. The van der Waals surface area contributed by atoms with Crippen LogP contribution in [0.3, 0.4) is 0 Å². The van der Waals surface area contributed by atoms with Gasteiger partial charge in [-0.3, -0.25) is 9.59 Å². The second kappa shape index (κ2) is 9.00. The predicted octanol–water partition coefficient (Wildman–Crippen LogP) is 5.00. The van der Waals surface area contributed by atoms with Crippen molar-refractivity contribution in [1.29, 1.82) is 0 Å². The number of hydrogen-bond acceptors (Lipinski definition) is 5. The smallest absolute Gasteiger partial charge is 0.308 e. The van der Waals surface area contributed by atoms with Crippen LogP contribution in [0.4, 0.5) is 21.5 Å². The van der Waals surface area contributed by atoms with E-state index in [2.05, 4.69) is 10.2 Å². The van der Waals surface area contributed by atoms with Crippen LogP contribution in [0.25, 0.3) is 0 Å². The molecule has 0 bridgehead atoms. The number of esters is 1. The van der Waals surface area contributed by atoms with Crippen molar-refractivity contribution in [2.24, 2.45) is 0 Å². The fraction of sp³-hybridized carbons (Fsp3) is 0.130. The molecule has 0 aromatic heterocycles. The lowest BCUT2D eigenvalue weighted by Crippen LogP contribution is -2.26. The van der Waals surface area contributed by atoms with Crippen LogP contribution in [0, 0.1) is 5.82 Å². The number of nitrogens with zero attached hydrogens (tertiary/aromatic N) is 1. The number of benzene rings is 3. The molecule has 3 aromatic rings. The van der Waals surface area contributed by atoms with Crippen LogP contribution in [0.2, 0.25) is 0 Å². The van der Waals surface area contributed by atoms with E-state index >= 15 is 0 Å². The second-order valence-electron chi connectivity index (χ2n) is 6.63. The first-order valence-corrected chi connectivity index (χ1v) is 10.3. The number of para-hydroxylation sites is 3. The van der Waals surface area contributed by atoms with Gasteiger partial charge in [-0.2, -0.15) is 0 Å². The molecule has 7 heteroatoms. The minimum Gasteiger partial charge on any atom is -0.456 e. The molecule has 1 N–H and O–H groups in total. The zero-order chi connectivity index (χ0) is 20.9. The Morgan fingerprint density at radius 3 is 2.17 bits per heavy atom. The monoisotopic (exact) mass is 422 g/mol. The van der Waals surface area contributed by atoms with Crippen molar-refractivity contribution < 1.29 is 18.7 Å². The van der Waals surface area contributed by atoms with Gasteiger partial charge in [0, 0.05) is 16.3 Å². The zero-order valence-corrected chi connectivity index (χ0v) is 16.8. The zero-order valence-electron chi connectivity index (χ0n) is 16.0. The summed E-state index contributed by atoms with van der Waals surface area (Å²) in [6.45, 7) is -0.0431. The van der Waals surface area contributed by atoms with E-state index in [1.165, 1.54) is 18.2 Å². The van der Waals surface area contributed by atoms with E-state index in [0.29, 0.717) is 6.54 Å². The van der Waals surface area contributed by atoms with Gasteiger partial charge in [0.2, 0.25) is 0 Å². The quantitative estimate of drug-likeness (QED) is 0.567. The summed E-state index contributed by atoms with van der Waals surface area (Å²) in [5, 5.41) is 2.39. The van der Waals surface area contributed by atoms with Crippen LogP contribution in [0.15, 0.2) is 82.6 Å². The number of fused-ring (bicyclic) bond motifs is 2. The summed E-state index contributed by atoms with van der Waals surface area (Å²) in [4.78, 5) is 28.5. The summed E-state index contributed by atoms with van der Waals surface area (Å²) in [6, 6.07) is 21.9. The van der Waals surface area contributed by atoms with Crippen molar-refractivity contribution >= 4 is 40.7 Å². The lowest BCUT2D eigenvalue weighted by Gasteiger charge is -2.32. The molecule has 1 aliphatic rings. The Morgan fingerprint density at radius 2 is 1.50 bits per heavy atom. The number of anilines is 3. The van der Waals surface area contributed by atoms with Gasteiger partial charge in [0.25, 0.3) is 5.91 Å². The number of hydrogen-bond donors (Lipinski definition) is 1. The van der Waals surface area contributed by atoms with E-state index in [9.17, 15) is 14.0 Å². The molecule has 0 aliphatic carbocycles. The first kappa shape index (κ1) is 20.0. The maximum absolute atomic E-state index is 13.6. The fourth-order valence-corrected chi connectivity index (χ4v) is 4.29.